The maximum absolute atomic E-state index is 11.4. The molecule has 0 bridgehead atoms. The van der Waals surface area contributed by atoms with Gasteiger partial charge in [0.05, 0.1) is 5.56 Å². The summed E-state index contributed by atoms with van der Waals surface area (Å²) in [6.45, 7) is 0. The van der Waals surface area contributed by atoms with Crippen molar-refractivity contribution in [1.82, 2.24) is 20.2 Å². The number of benzene rings is 1. The minimum Gasteiger partial charge on any atom is -0.371 e. The highest BCUT2D eigenvalue weighted by Crippen LogP contribution is 2.01. The lowest BCUT2D eigenvalue weighted by Crippen LogP contribution is -2.19. The average molecular weight is 218 g/mol. The Balaban J connectivity index is 2.06. The van der Waals surface area contributed by atoms with Crippen LogP contribution in [0.15, 0.2) is 36.7 Å². The molecular formula is C9H6N4O3. The van der Waals surface area contributed by atoms with Crippen molar-refractivity contribution in [3.63, 3.8) is 0 Å². The second-order valence-corrected chi connectivity index (χ2v) is 2.78. The van der Waals surface area contributed by atoms with Gasteiger partial charge in [0.25, 0.3) is 0 Å². The van der Waals surface area contributed by atoms with Gasteiger partial charge < -0.3 is 4.74 Å². The second kappa shape index (κ2) is 4.30. The van der Waals surface area contributed by atoms with Gasteiger partial charge in [0, 0.05) is 0 Å². The minimum absolute atomic E-state index is 0.281. The molecule has 0 amide bonds. The summed E-state index contributed by atoms with van der Waals surface area (Å²) in [5.41, 5.74) is 0.281. The SMILES string of the molecule is O=C(OC(=O)n1cnnn1)c1ccccc1. The third-order valence-electron chi connectivity index (χ3n) is 1.73. The molecule has 0 unspecified atom stereocenters. The van der Waals surface area contributed by atoms with E-state index in [0.29, 0.717) is 0 Å². The maximum Gasteiger partial charge on any atom is 0.445 e. The van der Waals surface area contributed by atoms with Crippen LogP contribution in [0, 0.1) is 0 Å². The Morgan fingerprint density at radius 1 is 1.19 bits per heavy atom. The van der Waals surface area contributed by atoms with E-state index < -0.39 is 12.1 Å². The van der Waals surface area contributed by atoms with Crippen molar-refractivity contribution in [2.45, 2.75) is 0 Å². The molecule has 0 saturated heterocycles. The van der Waals surface area contributed by atoms with E-state index in [1.54, 1.807) is 18.2 Å². The van der Waals surface area contributed by atoms with Crippen LogP contribution in [0.3, 0.4) is 0 Å². The smallest absolute Gasteiger partial charge is 0.371 e. The number of rotatable bonds is 1. The highest BCUT2D eigenvalue weighted by molar-refractivity contribution is 5.96. The first-order valence-corrected chi connectivity index (χ1v) is 4.32. The van der Waals surface area contributed by atoms with Crippen molar-refractivity contribution in [3.05, 3.63) is 42.2 Å². The predicted molar refractivity (Wildman–Crippen MR) is 50.5 cm³/mol. The van der Waals surface area contributed by atoms with Crippen LogP contribution in [0.1, 0.15) is 10.4 Å². The van der Waals surface area contributed by atoms with E-state index in [9.17, 15) is 9.59 Å². The molecule has 0 aliphatic rings. The van der Waals surface area contributed by atoms with E-state index in [-0.39, 0.29) is 5.56 Å². The quantitative estimate of drug-likeness (QED) is 0.393. The Hall–Kier alpha value is -2.57. The number of tetrazole rings is 1. The van der Waals surface area contributed by atoms with Gasteiger partial charge in [-0.15, -0.1) is 9.78 Å². The average Bonchev–Trinajstić information content (AvgIpc) is 2.83. The van der Waals surface area contributed by atoms with Crippen LogP contribution in [-0.2, 0) is 4.74 Å². The van der Waals surface area contributed by atoms with Crippen LogP contribution in [0.2, 0.25) is 0 Å². The summed E-state index contributed by atoms with van der Waals surface area (Å²) >= 11 is 0. The molecule has 0 atom stereocenters. The fraction of sp³-hybridized carbons (Fsp3) is 0. The molecule has 0 aliphatic heterocycles. The van der Waals surface area contributed by atoms with Gasteiger partial charge in [-0.25, -0.2) is 9.59 Å². The summed E-state index contributed by atoms with van der Waals surface area (Å²) in [4.78, 5) is 22.7. The monoisotopic (exact) mass is 218 g/mol. The van der Waals surface area contributed by atoms with Gasteiger partial charge >= 0.3 is 12.1 Å². The highest BCUT2D eigenvalue weighted by atomic mass is 16.6. The molecule has 2 rings (SSSR count). The summed E-state index contributed by atoms with van der Waals surface area (Å²) in [6.07, 6.45) is 0.0968. The molecule has 2 aromatic rings. The Morgan fingerprint density at radius 3 is 2.56 bits per heavy atom. The summed E-state index contributed by atoms with van der Waals surface area (Å²) in [6, 6.07) is 8.15. The Bertz CT molecular complexity index is 495. The van der Waals surface area contributed by atoms with Gasteiger partial charge in [0.2, 0.25) is 0 Å². The summed E-state index contributed by atoms with van der Waals surface area (Å²) in [5, 5.41) is 9.78. The van der Waals surface area contributed by atoms with Crippen molar-refractivity contribution in [3.8, 4) is 0 Å². The number of aromatic nitrogens is 4. The molecule has 1 aromatic carbocycles. The van der Waals surface area contributed by atoms with Crippen molar-refractivity contribution in [1.29, 1.82) is 0 Å². The molecule has 0 N–H and O–H groups in total. The van der Waals surface area contributed by atoms with E-state index >= 15 is 0 Å². The van der Waals surface area contributed by atoms with Crippen LogP contribution in [0.25, 0.3) is 0 Å². The Kier molecular flexibility index (Phi) is 2.68. The van der Waals surface area contributed by atoms with Gasteiger partial charge in [0.15, 0.2) is 6.33 Å². The molecule has 0 fully saturated rings. The number of nitrogens with zero attached hydrogens (tertiary/aromatic N) is 4. The molecule has 1 heterocycles. The molecule has 0 radical (unpaired) electrons. The lowest BCUT2D eigenvalue weighted by Gasteiger charge is -2.00. The molecule has 0 spiro atoms. The number of hydrogen-bond acceptors (Lipinski definition) is 6. The van der Waals surface area contributed by atoms with E-state index in [2.05, 4.69) is 20.3 Å². The standard InChI is InChI=1S/C9H6N4O3/c14-8(7-4-2-1-3-5-7)16-9(15)13-6-10-11-12-13/h1-6H. The fourth-order valence-corrected chi connectivity index (χ4v) is 1.00. The number of esters is 1. The second-order valence-electron chi connectivity index (χ2n) is 2.78. The van der Waals surface area contributed by atoms with Crippen LogP contribution in [0.5, 0.6) is 0 Å². The Labute approximate surface area is 89.6 Å². The van der Waals surface area contributed by atoms with E-state index in [0.717, 1.165) is 11.0 Å². The fourth-order valence-electron chi connectivity index (χ4n) is 1.00. The largest absolute Gasteiger partial charge is 0.445 e. The topological polar surface area (TPSA) is 87.0 Å². The maximum atomic E-state index is 11.4. The first kappa shape index (κ1) is 9.97. The summed E-state index contributed by atoms with van der Waals surface area (Å²) in [5.74, 6) is -0.749. The van der Waals surface area contributed by atoms with Gasteiger partial charge in [-0.05, 0) is 22.6 Å². The van der Waals surface area contributed by atoms with Crippen molar-refractivity contribution in [2.24, 2.45) is 0 Å². The molecule has 1 aromatic heterocycles. The zero-order valence-corrected chi connectivity index (χ0v) is 7.98. The van der Waals surface area contributed by atoms with Crippen molar-refractivity contribution >= 4 is 12.1 Å². The lowest BCUT2D eigenvalue weighted by molar-refractivity contribution is 0.0618. The van der Waals surface area contributed by atoms with Gasteiger partial charge in [-0.3, -0.25) is 0 Å². The lowest BCUT2D eigenvalue weighted by atomic mass is 10.2. The predicted octanol–water partition coefficient (Wildman–Crippen LogP) is 0.498. The van der Waals surface area contributed by atoms with E-state index in [1.807, 2.05) is 0 Å². The van der Waals surface area contributed by atoms with Crippen molar-refractivity contribution in [2.75, 3.05) is 0 Å². The van der Waals surface area contributed by atoms with Crippen LogP contribution >= 0.6 is 0 Å². The molecule has 7 heteroatoms. The number of carbonyl (C=O) groups excluding carboxylic acids is 2. The zero-order valence-electron chi connectivity index (χ0n) is 7.98. The first-order valence-electron chi connectivity index (χ1n) is 4.32. The molecule has 0 aliphatic carbocycles. The summed E-state index contributed by atoms with van der Waals surface area (Å²) in [7, 11) is 0. The van der Waals surface area contributed by atoms with E-state index in [1.165, 1.54) is 12.1 Å². The number of carbonyl (C=O) groups is 2. The highest BCUT2D eigenvalue weighted by Gasteiger charge is 2.14. The third-order valence-corrected chi connectivity index (χ3v) is 1.73. The normalized spacial score (nSPS) is 9.75. The first-order chi connectivity index (χ1) is 7.77. The van der Waals surface area contributed by atoms with Crippen LogP contribution < -0.4 is 0 Å². The molecule has 80 valence electrons. The summed E-state index contributed by atoms with van der Waals surface area (Å²) < 4.78 is 5.25. The van der Waals surface area contributed by atoms with Gasteiger partial charge in [-0.1, -0.05) is 18.2 Å². The molecule has 7 nitrogen and oxygen atoms in total. The van der Waals surface area contributed by atoms with Gasteiger partial charge in [0.1, 0.15) is 0 Å². The Morgan fingerprint density at radius 2 is 1.94 bits per heavy atom. The number of ether oxygens (including phenoxy) is 1. The van der Waals surface area contributed by atoms with Crippen molar-refractivity contribution < 1.29 is 14.3 Å². The molecule has 16 heavy (non-hydrogen) atoms. The number of hydrogen-bond donors (Lipinski definition) is 0. The van der Waals surface area contributed by atoms with E-state index in [4.69, 9.17) is 0 Å². The minimum atomic E-state index is -0.946. The molecular weight excluding hydrogens is 212 g/mol. The zero-order chi connectivity index (χ0) is 11.4. The van der Waals surface area contributed by atoms with Gasteiger partial charge in [-0.2, -0.15) is 0 Å². The molecule has 0 saturated carbocycles. The van der Waals surface area contributed by atoms with Crippen LogP contribution in [0.4, 0.5) is 4.79 Å². The third kappa shape index (κ3) is 2.08. The van der Waals surface area contributed by atoms with Crippen LogP contribution in [-0.4, -0.2) is 32.3 Å².